The number of nitrogens with zero attached hydrogens (tertiary/aromatic N) is 3. The smallest absolute Gasteiger partial charge is 0.274 e. The van der Waals surface area contributed by atoms with Crippen LogP contribution in [-0.2, 0) is 0 Å². The van der Waals surface area contributed by atoms with E-state index in [2.05, 4.69) is 10.3 Å². The van der Waals surface area contributed by atoms with Crippen molar-refractivity contribution < 1.29 is 14.5 Å². The van der Waals surface area contributed by atoms with Crippen molar-refractivity contribution in [2.75, 3.05) is 12.4 Å². The van der Waals surface area contributed by atoms with Gasteiger partial charge in [0.1, 0.15) is 17.1 Å². The van der Waals surface area contributed by atoms with Crippen molar-refractivity contribution in [3.8, 4) is 5.75 Å². The van der Waals surface area contributed by atoms with Gasteiger partial charge in [0, 0.05) is 29.4 Å². The standard InChI is InChI=1S/C16H13ClN4O4/c1-9-15(20-6-5-10(17)7-14(20)18-9)16(22)19-12-8-11(21(23)24)3-4-13(12)25-2/h3-8H,1-2H3,(H,19,22). The summed E-state index contributed by atoms with van der Waals surface area (Å²) in [6.45, 7) is 1.69. The van der Waals surface area contributed by atoms with Crippen LogP contribution < -0.4 is 10.1 Å². The number of fused-ring (bicyclic) bond motifs is 1. The van der Waals surface area contributed by atoms with Gasteiger partial charge in [-0.15, -0.1) is 0 Å². The number of aromatic nitrogens is 2. The number of anilines is 1. The average Bonchev–Trinajstić information content (AvgIpc) is 2.89. The van der Waals surface area contributed by atoms with E-state index < -0.39 is 10.8 Å². The number of nitro benzene ring substituents is 1. The number of methoxy groups -OCH3 is 1. The molecule has 2 aromatic heterocycles. The Bertz CT molecular complexity index is 999. The number of benzene rings is 1. The van der Waals surface area contributed by atoms with E-state index in [0.29, 0.717) is 27.8 Å². The monoisotopic (exact) mass is 360 g/mol. The molecule has 8 nitrogen and oxygen atoms in total. The molecule has 0 radical (unpaired) electrons. The van der Waals surface area contributed by atoms with E-state index >= 15 is 0 Å². The summed E-state index contributed by atoms with van der Waals surface area (Å²) >= 11 is 5.94. The maximum atomic E-state index is 12.7. The minimum absolute atomic E-state index is 0.155. The van der Waals surface area contributed by atoms with Gasteiger partial charge >= 0.3 is 0 Å². The fourth-order valence-electron chi connectivity index (χ4n) is 2.50. The molecule has 1 N–H and O–H groups in total. The summed E-state index contributed by atoms with van der Waals surface area (Å²) in [5, 5.41) is 14.1. The minimum atomic E-state index is -0.545. The number of carbonyl (C=O) groups excluding carboxylic acids is 1. The molecule has 3 rings (SSSR count). The van der Waals surface area contributed by atoms with E-state index in [-0.39, 0.29) is 11.4 Å². The molecule has 1 amide bonds. The van der Waals surface area contributed by atoms with Gasteiger partial charge < -0.3 is 10.1 Å². The number of ether oxygens (including phenoxy) is 1. The number of imidazole rings is 1. The topological polar surface area (TPSA) is 98.8 Å². The third-order valence-electron chi connectivity index (χ3n) is 3.62. The number of hydrogen-bond donors (Lipinski definition) is 1. The number of rotatable bonds is 4. The second kappa shape index (κ2) is 6.40. The fourth-order valence-corrected chi connectivity index (χ4v) is 2.65. The molecular weight excluding hydrogens is 348 g/mol. The molecule has 2 heterocycles. The first-order valence-electron chi connectivity index (χ1n) is 7.18. The van der Waals surface area contributed by atoms with Crippen molar-refractivity contribution in [3.63, 3.8) is 0 Å². The van der Waals surface area contributed by atoms with Crippen LogP contribution in [0.15, 0.2) is 36.5 Å². The summed E-state index contributed by atoms with van der Waals surface area (Å²) in [6, 6.07) is 7.25. The highest BCUT2D eigenvalue weighted by Gasteiger charge is 2.20. The quantitative estimate of drug-likeness (QED) is 0.567. The zero-order chi connectivity index (χ0) is 18.1. The molecule has 0 saturated carbocycles. The highest BCUT2D eigenvalue weighted by Crippen LogP contribution is 2.29. The van der Waals surface area contributed by atoms with Crippen molar-refractivity contribution in [2.45, 2.75) is 6.92 Å². The summed E-state index contributed by atoms with van der Waals surface area (Å²) in [4.78, 5) is 27.4. The van der Waals surface area contributed by atoms with Gasteiger partial charge in [0.05, 0.1) is 23.4 Å². The number of hydrogen-bond acceptors (Lipinski definition) is 5. The Labute approximate surface area is 147 Å². The van der Waals surface area contributed by atoms with Gasteiger partial charge in [-0.3, -0.25) is 19.3 Å². The first-order chi connectivity index (χ1) is 11.9. The second-order valence-corrected chi connectivity index (χ2v) is 5.65. The van der Waals surface area contributed by atoms with Crippen molar-refractivity contribution in [2.24, 2.45) is 0 Å². The predicted molar refractivity (Wildman–Crippen MR) is 92.5 cm³/mol. The molecule has 25 heavy (non-hydrogen) atoms. The number of nitro groups is 1. The van der Waals surface area contributed by atoms with E-state index in [1.54, 1.807) is 29.7 Å². The Kier molecular flexibility index (Phi) is 4.28. The van der Waals surface area contributed by atoms with Crippen LogP contribution >= 0.6 is 11.6 Å². The number of non-ortho nitro benzene ring substituents is 1. The lowest BCUT2D eigenvalue weighted by atomic mass is 10.2. The molecule has 0 atom stereocenters. The Morgan fingerprint density at radius 1 is 1.36 bits per heavy atom. The molecule has 0 fully saturated rings. The first kappa shape index (κ1) is 16.7. The highest BCUT2D eigenvalue weighted by molar-refractivity contribution is 6.30. The van der Waals surface area contributed by atoms with Gasteiger partial charge in [-0.05, 0) is 19.1 Å². The second-order valence-electron chi connectivity index (χ2n) is 5.21. The van der Waals surface area contributed by atoms with Crippen LogP contribution in [0.1, 0.15) is 16.2 Å². The maximum Gasteiger partial charge on any atom is 0.274 e. The lowest BCUT2D eigenvalue weighted by Crippen LogP contribution is -2.16. The largest absolute Gasteiger partial charge is 0.495 e. The predicted octanol–water partition coefficient (Wildman–Crippen LogP) is 3.47. The molecule has 3 aromatic rings. The number of pyridine rings is 1. The van der Waals surface area contributed by atoms with Crippen LogP contribution in [-0.4, -0.2) is 27.3 Å². The Morgan fingerprint density at radius 2 is 2.12 bits per heavy atom. The van der Waals surface area contributed by atoms with E-state index in [1.165, 1.54) is 25.3 Å². The minimum Gasteiger partial charge on any atom is -0.495 e. The third kappa shape index (κ3) is 3.11. The molecule has 0 unspecified atom stereocenters. The molecule has 128 valence electrons. The molecule has 9 heteroatoms. The number of nitrogens with one attached hydrogen (secondary N) is 1. The number of halogens is 1. The van der Waals surface area contributed by atoms with Gasteiger partial charge in [0.15, 0.2) is 0 Å². The summed E-state index contributed by atoms with van der Waals surface area (Å²) < 4.78 is 6.75. The van der Waals surface area contributed by atoms with Crippen LogP contribution in [0.2, 0.25) is 5.02 Å². The SMILES string of the molecule is COc1ccc([N+](=O)[O-])cc1NC(=O)c1c(C)nc2cc(Cl)ccn12. The van der Waals surface area contributed by atoms with Gasteiger partial charge in [0.25, 0.3) is 11.6 Å². The van der Waals surface area contributed by atoms with Crippen LogP contribution in [0.4, 0.5) is 11.4 Å². The Morgan fingerprint density at radius 3 is 2.80 bits per heavy atom. The van der Waals surface area contributed by atoms with Gasteiger partial charge in [0.2, 0.25) is 0 Å². The molecule has 0 aliphatic carbocycles. The normalized spacial score (nSPS) is 10.7. The van der Waals surface area contributed by atoms with Crippen molar-refractivity contribution in [1.29, 1.82) is 0 Å². The number of amides is 1. The molecule has 0 bridgehead atoms. The van der Waals surface area contributed by atoms with Crippen LogP contribution in [0.3, 0.4) is 0 Å². The van der Waals surface area contributed by atoms with E-state index in [9.17, 15) is 14.9 Å². The summed E-state index contributed by atoms with van der Waals surface area (Å²) in [5.41, 5.74) is 1.38. The summed E-state index contributed by atoms with van der Waals surface area (Å²) in [7, 11) is 1.41. The lowest BCUT2D eigenvalue weighted by molar-refractivity contribution is -0.384. The molecule has 0 aliphatic rings. The zero-order valence-corrected chi connectivity index (χ0v) is 14.1. The maximum absolute atomic E-state index is 12.7. The number of carbonyl (C=O) groups is 1. The number of aryl methyl sites for hydroxylation is 1. The molecule has 0 aliphatic heterocycles. The zero-order valence-electron chi connectivity index (χ0n) is 13.3. The molecule has 0 spiro atoms. The lowest BCUT2D eigenvalue weighted by Gasteiger charge is -2.10. The average molecular weight is 361 g/mol. The Balaban J connectivity index is 2.02. The summed E-state index contributed by atoms with van der Waals surface area (Å²) in [6.07, 6.45) is 1.64. The first-order valence-corrected chi connectivity index (χ1v) is 7.56. The van der Waals surface area contributed by atoms with Crippen molar-refractivity contribution in [1.82, 2.24) is 9.38 Å². The van der Waals surface area contributed by atoms with Gasteiger partial charge in [-0.1, -0.05) is 11.6 Å². The Hall–Kier alpha value is -3.13. The van der Waals surface area contributed by atoms with Gasteiger partial charge in [-0.2, -0.15) is 0 Å². The van der Waals surface area contributed by atoms with Crippen molar-refractivity contribution >= 4 is 34.5 Å². The van der Waals surface area contributed by atoms with Crippen LogP contribution in [0.5, 0.6) is 5.75 Å². The van der Waals surface area contributed by atoms with Crippen LogP contribution in [0, 0.1) is 17.0 Å². The fraction of sp³-hybridized carbons (Fsp3) is 0.125. The third-order valence-corrected chi connectivity index (χ3v) is 3.85. The molecule has 1 aromatic carbocycles. The van der Waals surface area contributed by atoms with Gasteiger partial charge in [-0.25, -0.2) is 4.98 Å². The van der Waals surface area contributed by atoms with E-state index in [1.807, 2.05) is 0 Å². The summed E-state index contributed by atoms with van der Waals surface area (Å²) in [5.74, 6) is -0.153. The molecule has 0 saturated heterocycles. The van der Waals surface area contributed by atoms with E-state index in [4.69, 9.17) is 16.3 Å². The van der Waals surface area contributed by atoms with E-state index in [0.717, 1.165) is 0 Å². The highest BCUT2D eigenvalue weighted by atomic mass is 35.5. The van der Waals surface area contributed by atoms with Crippen LogP contribution in [0.25, 0.3) is 5.65 Å². The molecular formula is C16H13ClN4O4. The van der Waals surface area contributed by atoms with Crippen molar-refractivity contribution in [3.05, 3.63) is 63.1 Å².